The summed E-state index contributed by atoms with van der Waals surface area (Å²) in [5.41, 5.74) is 0.549. The second kappa shape index (κ2) is 3.63. The quantitative estimate of drug-likeness (QED) is 0.627. The van der Waals surface area contributed by atoms with Gasteiger partial charge in [0.25, 0.3) is 0 Å². The maximum absolute atomic E-state index is 10.8. The van der Waals surface area contributed by atoms with Crippen LogP contribution in [-0.4, -0.2) is 13.4 Å². The summed E-state index contributed by atoms with van der Waals surface area (Å²) < 4.78 is 6.20. The number of ether oxygens (including phenoxy) is 1. The van der Waals surface area contributed by atoms with E-state index < -0.39 is 0 Å². The molecule has 0 aliphatic heterocycles. The molecule has 0 amide bonds. The average Bonchev–Trinajstić information content (AvgIpc) is 2.65. The molecule has 0 aliphatic rings. The fourth-order valence-electron chi connectivity index (χ4n) is 1.40. The first kappa shape index (κ1) is 9.55. The van der Waals surface area contributed by atoms with Crippen LogP contribution in [0.25, 0.3) is 10.1 Å². The molecule has 0 unspecified atom stereocenters. The van der Waals surface area contributed by atoms with Crippen LogP contribution in [0.4, 0.5) is 0 Å². The predicted molar refractivity (Wildman–Crippen MR) is 61.0 cm³/mol. The number of hydrogen-bond donors (Lipinski definition) is 1. The zero-order valence-electron chi connectivity index (χ0n) is 7.48. The van der Waals surface area contributed by atoms with Gasteiger partial charge in [0.2, 0.25) is 0 Å². The Morgan fingerprint density at radius 1 is 1.57 bits per heavy atom. The Hall–Kier alpha value is -1.00. The maximum atomic E-state index is 10.8. The molecule has 0 bridgehead atoms. The zero-order valence-corrected chi connectivity index (χ0v) is 9.19. The van der Waals surface area contributed by atoms with Crippen molar-refractivity contribution in [3.05, 3.63) is 23.1 Å². The smallest absolute Gasteiger partial charge is 0.153 e. The minimum atomic E-state index is 0.549. The molecule has 0 N–H and O–H groups in total. The summed E-state index contributed by atoms with van der Waals surface area (Å²) in [6.45, 7) is 0. The molecule has 0 saturated carbocycles. The number of thiophene rings is 1. The molecular formula is C10H8O2S2. The van der Waals surface area contributed by atoms with Gasteiger partial charge in [-0.15, -0.1) is 24.0 Å². The Morgan fingerprint density at radius 2 is 2.36 bits per heavy atom. The highest BCUT2D eigenvalue weighted by Crippen LogP contribution is 2.36. The molecule has 1 aromatic heterocycles. The van der Waals surface area contributed by atoms with Crippen molar-refractivity contribution in [2.45, 2.75) is 4.90 Å². The van der Waals surface area contributed by atoms with Crippen molar-refractivity contribution in [2.75, 3.05) is 7.11 Å². The molecule has 2 aromatic rings. The van der Waals surface area contributed by atoms with Gasteiger partial charge in [-0.25, -0.2) is 0 Å². The highest BCUT2D eigenvalue weighted by Gasteiger charge is 2.11. The number of rotatable bonds is 2. The van der Waals surface area contributed by atoms with Gasteiger partial charge in [0.05, 0.1) is 17.6 Å². The number of carbonyl (C=O) groups is 1. The normalized spacial score (nSPS) is 10.4. The highest BCUT2D eigenvalue weighted by molar-refractivity contribution is 7.80. The third-order valence-corrected chi connectivity index (χ3v) is 3.35. The molecule has 0 fully saturated rings. The van der Waals surface area contributed by atoms with Crippen molar-refractivity contribution in [3.8, 4) is 5.75 Å². The minimum absolute atomic E-state index is 0.549. The molecule has 72 valence electrons. The van der Waals surface area contributed by atoms with E-state index in [9.17, 15) is 4.79 Å². The lowest BCUT2D eigenvalue weighted by atomic mass is 10.1. The van der Waals surface area contributed by atoms with E-state index in [1.54, 1.807) is 18.4 Å². The highest BCUT2D eigenvalue weighted by atomic mass is 32.1. The summed E-state index contributed by atoms with van der Waals surface area (Å²) in [5, 5.41) is 3.00. The number of fused-ring (bicyclic) bond motifs is 1. The average molecular weight is 224 g/mol. The third-order valence-electron chi connectivity index (χ3n) is 2.05. The summed E-state index contributed by atoms with van der Waals surface area (Å²) >= 11 is 5.94. The molecule has 1 aromatic carbocycles. The first-order valence-electron chi connectivity index (χ1n) is 4.00. The van der Waals surface area contributed by atoms with Crippen LogP contribution in [0.2, 0.25) is 0 Å². The Morgan fingerprint density at radius 3 is 3.00 bits per heavy atom. The molecule has 4 heteroatoms. The van der Waals surface area contributed by atoms with Crippen molar-refractivity contribution in [2.24, 2.45) is 0 Å². The fraction of sp³-hybridized carbons (Fsp3) is 0.100. The van der Waals surface area contributed by atoms with E-state index in [0.29, 0.717) is 11.3 Å². The van der Waals surface area contributed by atoms with E-state index in [1.165, 1.54) is 0 Å². The number of benzene rings is 1. The molecule has 2 nitrogen and oxygen atoms in total. The van der Waals surface area contributed by atoms with E-state index in [-0.39, 0.29) is 0 Å². The van der Waals surface area contributed by atoms with Crippen LogP contribution in [-0.2, 0) is 0 Å². The van der Waals surface area contributed by atoms with Gasteiger partial charge in [0, 0.05) is 10.1 Å². The second-order valence-electron chi connectivity index (χ2n) is 2.80. The van der Waals surface area contributed by atoms with Gasteiger partial charge in [-0.05, 0) is 17.5 Å². The van der Waals surface area contributed by atoms with Crippen LogP contribution in [0.15, 0.2) is 22.4 Å². The van der Waals surface area contributed by atoms with Crippen molar-refractivity contribution >= 4 is 40.3 Å². The van der Waals surface area contributed by atoms with Gasteiger partial charge in [-0.1, -0.05) is 0 Å². The van der Waals surface area contributed by atoms with Crippen LogP contribution in [0.1, 0.15) is 10.4 Å². The van der Waals surface area contributed by atoms with Gasteiger partial charge >= 0.3 is 0 Å². The van der Waals surface area contributed by atoms with E-state index >= 15 is 0 Å². The second-order valence-corrected chi connectivity index (χ2v) is 4.19. The van der Waals surface area contributed by atoms with Crippen molar-refractivity contribution < 1.29 is 9.53 Å². The molecule has 0 atom stereocenters. The minimum Gasteiger partial charge on any atom is -0.495 e. The third kappa shape index (κ3) is 1.31. The lowest BCUT2D eigenvalue weighted by molar-refractivity contribution is 0.112. The van der Waals surface area contributed by atoms with E-state index in [4.69, 9.17) is 4.74 Å². The van der Waals surface area contributed by atoms with Crippen molar-refractivity contribution in [3.63, 3.8) is 0 Å². The lowest BCUT2D eigenvalue weighted by Crippen LogP contribution is -1.91. The van der Waals surface area contributed by atoms with Crippen LogP contribution >= 0.6 is 24.0 Å². The molecule has 0 radical (unpaired) electrons. The fourth-order valence-corrected chi connectivity index (χ4v) is 2.73. The maximum Gasteiger partial charge on any atom is 0.153 e. The van der Waals surface area contributed by atoms with Gasteiger partial charge in [0.1, 0.15) is 5.75 Å². The largest absolute Gasteiger partial charge is 0.495 e. The van der Waals surface area contributed by atoms with Crippen molar-refractivity contribution in [1.29, 1.82) is 0 Å². The zero-order chi connectivity index (χ0) is 10.1. The Labute approximate surface area is 90.9 Å². The van der Waals surface area contributed by atoms with E-state index in [0.717, 1.165) is 21.3 Å². The van der Waals surface area contributed by atoms with Gasteiger partial charge < -0.3 is 4.74 Å². The number of hydrogen-bond acceptors (Lipinski definition) is 4. The van der Waals surface area contributed by atoms with Gasteiger partial charge in [-0.3, -0.25) is 4.79 Å². The Kier molecular flexibility index (Phi) is 2.48. The van der Waals surface area contributed by atoms with Crippen LogP contribution in [0.5, 0.6) is 5.75 Å². The van der Waals surface area contributed by atoms with Gasteiger partial charge in [-0.2, -0.15) is 0 Å². The molecule has 2 rings (SSSR count). The Balaban J connectivity index is 2.85. The summed E-state index contributed by atoms with van der Waals surface area (Å²) in [6, 6.07) is 3.80. The van der Waals surface area contributed by atoms with Gasteiger partial charge in [0.15, 0.2) is 6.29 Å². The van der Waals surface area contributed by atoms with Crippen LogP contribution in [0.3, 0.4) is 0 Å². The molecule has 0 spiro atoms. The number of methoxy groups -OCH3 is 1. The molecular weight excluding hydrogens is 216 g/mol. The predicted octanol–water partition coefficient (Wildman–Crippen LogP) is 3.01. The van der Waals surface area contributed by atoms with E-state index in [1.807, 2.05) is 17.5 Å². The standard InChI is InChI=1S/C10H8O2S2/c1-12-9-6(5-11)4-8-7(10(9)13)2-3-14-8/h2-5,13H,1H3. The summed E-state index contributed by atoms with van der Waals surface area (Å²) in [4.78, 5) is 11.5. The molecule has 0 aliphatic carbocycles. The summed E-state index contributed by atoms with van der Waals surface area (Å²) in [7, 11) is 1.54. The van der Waals surface area contributed by atoms with Crippen molar-refractivity contribution in [1.82, 2.24) is 0 Å². The summed E-state index contributed by atoms with van der Waals surface area (Å²) in [5.74, 6) is 0.550. The first-order valence-corrected chi connectivity index (χ1v) is 5.33. The molecule has 1 heterocycles. The topological polar surface area (TPSA) is 26.3 Å². The van der Waals surface area contributed by atoms with E-state index in [2.05, 4.69) is 12.6 Å². The Bertz CT molecular complexity index is 488. The SMILES string of the molecule is COc1c(C=O)cc2sccc2c1S. The molecule has 14 heavy (non-hydrogen) atoms. The summed E-state index contributed by atoms with van der Waals surface area (Å²) in [6.07, 6.45) is 0.789. The number of aldehydes is 1. The number of thiol groups is 1. The van der Waals surface area contributed by atoms with Crippen LogP contribution < -0.4 is 4.74 Å². The number of carbonyl (C=O) groups excluding carboxylic acids is 1. The van der Waals surface area contributed by atoms with Crippen LogP contribution in [0, 0.1) is 0 Å². The first-order chi connectivity index (χ1) is 6.77. The molecule has 0 saturated heterocycles. The monoisotopic (exact) mass is 224 g/mol. The lowest BCUT2D eigenvalue weighted by Gasteiger charge is -2.07.